The molecule has 2 aromatic heterocycles. The first-order chi connectivity index (χ1) is 7.79. The van der Waals surface area contributed by atoms with Gasteiger partial charge in [0.15, 0.2) is 31.3 Å². The third-order valence-electron chi connectivity index (χ3n) is 2.54. The Hall–Kier alpha value is -1.96. The zero-order valence-corrected chi connectivity index (χ0v) is 9.50. The van der Waals surface area contributed by atoms with Gasteiger partial charge in [-0.3, -0.25) is 0 Å². The highest BCUT2D eigenvalue weighted by molar-refractivity contribution is 5.60. The first-order valence-corrected chi connectivity index (χ1v) is 5.35. The van der Waals surface area contributed by atoms with E-state index in [0.717, 1.165) is 6.54 Å². The Labute approximate surface area is 96.1 Å². The number of aryl methyl sites for hydroxylation is 1. The van der Waals surface area contributed by atoms with Crippen LogP contribution in [0.3, 0.4) is 0 Å². The van der Waals surface area contributed by atoms with Crippen molar-refractivity contribution in [3.8, 4) is 11.1 Å². The van der Waals surface area contributed by atoms with E-state index >= 15 is 0 Å². The summed E-state index contributed by atoms with van der Waals surface area (Å²) in [6.07, 6.45) is 10.1. The van der Waals surface area contributed by atoms with Crippen LogP contribution in [0.4, 0.5) is 0 Å². The van der Waals surface area contributed by atoms with Crippen LogP contribution in [0.25, 0.3) is 11.1 Å². The van der Waals surface area contributed by atoms with Gasteiger partial charge in [0.05, 0.1) is 0 Å². The van der Waals surface area contributed by atoms with Crippen molar-refractivity contribution < 1.29 is 9.13 Å². The Kier molecular flexibility index (Phi) is 3.10. The van der Waals surface area contributed by atoms with Gasteiger partial charge in [-0.2, -0.15) is 0 Å². The number of aromatic nitrogens is 2. The van der Waals surface area contributed by atoms with Gasteiger partial charge in [0, 0.05) is 24.3 Å². The third kappa shape index (κ3) is 2.34. The van der Waals surface area contributed by atoms with Gasteiger partial charge < -0.3 is 0 Å². The molecule has 0 saturated heterocycles. The Morgan fingerprint density at radius 3 is 2.00 bits per heavy atom. The van der Waals surface area contributed by atoms with Crippen LogP contribution in [0.15, 0.2) is 61.7 Å². The van der Waals surface area contributed by atoms with Crippen molar-refractivity contribution in [3.05, 3.63) is 61.7 Å². The average Bonchev–Trinajstić information content (AvgIpc) is 2.32. The molecule has 2 heteroatoms. The number of nitrogens with zero attached hydrogens (tertiary/aromatic N) is 2. The van der Waals surface area contributed by atoms with Gasteiger partial charge in [0.1, 0.15) is 7.05 Å². The smallest absolute Gasteiger partial charge is 0.169 e. The van der Waals surface area contributed by atoms with E-state index in [2.05, 4.69) is 60.2 Å². The number of hydrogen-bond acceptors (Lipinski definition) is 0. The predicted molar refractivity (Wildman–Crippen MR) is 63.4 cm³/mol. The van der Waals surface area contributed by atoms with E-state index in [1.165, 1.54) is 11.1 Å². The van der Waals surface area contributed by atoms with Crippen LogP contribution >= 0.6 is 0 Å². The molecular formula is C14H16N2+2. The largest absolute Gasteiger partial charge is 0.208 e. The van der Waals surface area contributed by atoms with Gasteiger partial charge in [0.2, 0.25) is 0 Å². The van der Waals surface area contributed by atoms with Crippen molar-refractivity contribution in [2.45, 2.75) is 6.54 Å². The molecule has 0 atom stereocenters. The zero-order valence-electron chi connectivity index (χ0n) is 9.50. The van der Waals surface area contributed by atoms with E-state index in [4.69, 9.17) is 0 Å². The molecule has 0 radical (unpaired) electrons. The summed E-state index contributed by atoms with van der Waals surface area (Å²) in [4.78, 5) is 0. The van der Waals surface area contributed by atoms with E-state index < -0.39 is 0 Å². The van der Waals surface area contributed by atoms with Crippen molar-refractivity contribution in [1.82, 2.24) is 0 Å². The lowest BCUT2D eigenvalue weighted by Crippen LogP contribution is -2.31. The maximum atomic E-state index is 3.72. The molecule has 0 unspecified atom stereocenters. The van der Waals surface area contributed by atoms with E-state index in [9.17, 15) is 0 Å². The van der Waals surface area contributed by atoms with Crippen LogP contribution in [0.5, 0.6) is 0 Å². The quantitative estimate of drug-likeness (QED) is 0.540. The number of pyridine rings is 2. The molecule has 2 aromatic rings. The summed E-state index contributed by atoms with van der Waals surface area (Å²) in [5.74, 6) is 0. The summed E-state index contributed by atoms with van der Waals surface area (Å²) in [6.45, 7) is 4.57. The first-order valence-electron chi connectivity index (χ1n) is 5.35. The van der Waals surface area contributed by atoms with Crippen molar-refractivity contribution >= 4 is 0 Å². The Morgan fingerprint density at radius 2 is 1.50 bits per heavy atom. The molecule has 0 spiro atoms. The van der Waals surface area contributed by atoms with Gasteiger partial charge >= 0.3 is 0 Å². The fourth-order valence-electron chi connectivity index (χ4n) is 1.61. The lowest BCUT2D eigenvalue weighted by atomic mass is 10.1. The molecule has 2 heterocycles. The zero-order chi connectivity index (χ0) is 11.4. The van der Waals surface area contributed by atoms with Gasteiger partial charge in [-0.25, -0.2) is 9.13 Å². The molecule has 0 amide bonds. The number of rotatable bonds is 3. The number of hydrogen-bond donors (Lipinski definition) is 0. The normalized spacial score (nSPS) is 10.1. The van der Waals surface area contributed by atoms with E-state index in [-0.39, 0.29) is 0 Å². The second-order valence-corrected chi connectivity index (χ2v) is 3.82. The summed E-state index contributed by atoms with van der Waals surface area (Å²) in [5, 5.41) is 0. The molecule has 0 fully saturated rings. The Morgan fingerprint density at radius 1 is 1.00 bits per heavy atom. The lowest BCUT2D eigenvalue weighted by molar-refractivity contribution is -0.686. The van der Waals surface area contributed by atoms with Crippen LogP contribution in [0.2, 0.25) is 0 Å². The van der Waals surface area contributed by atoms with E-state index in [1.54, 1.807) is 0 Å². The summed E-state index contributed by atoms with van der Waals surface area (Å²) in [7, 11) is 2.02. The maximum Gasteiger partial charge on any atom is 0.169 e. The molecule has 0 aromatic carbocycles. The topological polar surface area (TPSA) is 7.76 Å². The minimum Gasteiger partial charge on any atom is -0.208 e. The molecule has 0 aliphatic carbocycles. The van der Waals surface area contributed by atoms with Crippen LogP contribution < -0.4 is 9.13 Å². The molecular weight excluding hydrogens is 196 g/mol. The molecule has 2 nitrogen and oxygen atoms in total. The summed E-state index contributed by atoms with van der Waals surface area (Å²) >= 11 is 0. The molecule has 0 aliphatic heterocycles. The Balaban J connectivity index is 2.27. The SMILES string of the molecule is C=CC[n+]1ccc(-c2cc[n+](C)cc2)cc1. The second kappa shape index (κ2) is 4.71. The van der Waals surface area contributed by atoms with Crippen LogP contribution in [0.1, 0.15) is 0 Å². The third-order valence-corrected chi connectivity index (χ3v) is 2.54. The summed E-state index contributed by atoms with van der Waals surface area (Å²) in [5.41, 5.74) is 2.48. The predicted octanol–water partition coefficient (Wildman–Crippen LogP) is 1.65. The van der Waals surface area contributed by atoms with Crippen molar-refractivity contribution in [1.29, 1.82) is 0 Å². The van der Waals surface area contributed by atoms with Crippen molar-refractivity contribution in [2.24, 2.45) is 7.05 Å². The van der Waals surface area contributed by atoms with E-state index in [0.29, 0.717) is 0 Å². The van der Waals surface area contributed by atoms with Gasteiger partial charge in [-0.05, 0) is 17.2 Å². The highest BCUT2D eigenvalue weighted by atomic mass is 14.9. The minimum absolute atomic E-state index is 0.851. The van der Waals surface area contributed by atoms with Gasteiger partial charge in [0.25, 0.3) is 0 Å². The standard InChI is InChI=1S/C14H16N2/c1-3-8-16-11-6-14(7-12-16)13-4-9-15(2)10-5-13/h3-7,9-12H,1,8H2,2H3/q+2. The minimum atomic E-state index is 0.851. The number of allylic oxidation sites excluding steroid dienone is 1. The molecule has 2 rings (SSSR count). The fourth-order valence-corrected chi connectivity index (χ4v) is 1.61. The van der Waals surface area contributed by atoms with Gasteiger partial charge in [-0.1, -0.05) is 6.58 Å². The first kappa shape index (κ1) is 10.6. The summed E-state index contributed by atoms with van der Waals surface area (Å²) < 4.78 is 4.13. The average molecular weight is 212 g/mol. The summed E-state index contributed by atoms with van der Waals surface area (Å²) in [6, 6.07) is 8.48. The van der Waals surface area contributed by atoms with Crippen LogP contribution in [-0.2, 0) is 13.6 Å². The highest BCUT2D eigenvalue weighted by Crippen LogP contribution is 2.15. The maximum absolute atomic E-state index is 3.72. The molecule has 80 valence electrons. The second-order valence-electron chi connectivity index (χ2n) is 3.82. The lowest BCUT2D eigenvalue weighted by Gasteiger charge is -1.98. The van der Waals surface area contributed by atoms with Crippen molar-refractivity contribution in [2.75, 3.05) is 0 Å². The van der Waals surface area contributed by atoms with Gasteiger partial charge in [-0.15, -0.1) is 0 Å². The van der Waals surface area contributed by atoms with Crippen LogP contribution in [-0.4, -0.2) is 0 Å². The monoisotopic (exact) mass is 212 g/mol. The van der Waals surface area contributed by atoms with Crippen LogP contribution in [0, 0.1) is 0 Å². The van der Waals surface area contributed by atoms with E-state index in [1.807, 2.05) is 17.7 Å². The van der Waals surface area contributed by atoms with Crippen molar-refractivity contribution in [3.63, 3.8) is 0 Å². The Bertz CT molecular complexity index is 469. The molecule has 0 N–H and O–H groups in total. The molecule has 0 bridgehead atoms. The molecule has 16 heavy (non-hydrogen) atoms. The molecule has 0 saturated carbocycles. The fraction of sp³-hybridized carbons (Fsp3) is 0.143. The highest BCUT2D eigenvalue weighted by Gasteiger charge is 2.02. The molecule has 0 aliphatic rings.